The van der Waals surface area contributed by atoms with Gasteiger partial charge >= 0.3 is 0 Å². The average molecular weight is 363 g/mol. The summed E-state index contributed by atoms with van der Waals surface area (Å²) in [6.45, 7) is 0. The van der Waals surface area contributed by atoms with Gasteiger partial charge < -0.3 is 9.73 Å². The average Bonchev–Trinajstić information content (AvgIpc) is 3.19. The van der Waals surface area contributed by atoms with Crippen LogP contribution in [0.1, 0.15) is 17.5 Å². The van der Waals surface area contributed by atoms with Crippen LogP contribution < -0.4 is 5.32 Å². The SMILES string of the molecule is Fc1ccccc1N[C@@H](c1nnc(-c2ccccc2)o1)c1ccccc1F. The van der Waals surface area contributed by atoms with Crippen molar-refractivity contribution in [2.45, 2.75) is 6.04 Å². The van der Waals surface area contributed by atoms with Crippen LogP contribution in [0.25, 0.3) is 11.5 Å². The molecule has 1 N–H and O–H groups in total. The number of halogens is 2. The summed E-state index contributed by atoms with van der Waals surface area (Å²) in [6, 6.07) is 20.8. The zero-order valence-corrected chi connectivity index (χ0v) is 14.1. The van der Waals surface area contributed by atoms with Crippen molar-refractivity contribution < 1.29 is 13.2 Å². The molecule has 4 rings (SSSR count). The second kappa shape index (κ2) is 7.37. The maximum absolute atomic E-state index is 14.4. The molecule has 6 heteroatoms. The lowest BCUT2D eigenvalue weighted by atomic mass is 10.1. The Kier molecular flexibility index (Phi) is 4.61. The van der Waals surface area contributed by atoms with Crippen LogP contribution in [0.4, 0.5) is 14.5 Å². The maximum atomic E-state index is 14.4. The van der Waals surface area contributed by atoms with E-state index in [1.807, 2.05) is 30.3 Å². The van der Waals surface area contributed by atoms with Crippen molar-refractivity contribution in [1.29, 1.82) is 0 Å². The van der Waals surface area contributed by atoms with Crippen molar-refractivity contribution in [3.63, 3.8) is 0 Å². The minimum atomic E-state index is -0.840. The van der Waals surface area contributed by atoms with Gasteiger partial charge in [-0.3, -0.25) is 0 Å². The molecule has 1 aromatic heterocycles. The molecule has 0 saturated carbocycles. The Morgan fingerprint density at radius 2 is 1.41 bits per heavy atom. The van der Waals surface area contributed by atoms with E-state index in [-0.39, 0.29) is 17.1 Å². The van der Waals surface area contributed by atoms with Gasteiger partial charge in [0.1, 0.15) is 17.7 Å². The molecule has 0 aliphatic heterocycles. The topological polar surface area (TPSA) is 51.0 Å². The van der Waals surface area contributed by atoms with Gasteiger partial charge in [0.2, 0.25) is 11.8 Å². The fraction of sp³-hybridized carbons (Fsp3) is 0.0476. The van der Waals surface area contributed by atoms with Gasteiger partial charge in [-0.25, -0.2) is 8.78 Å². The highest BCUT2D eigenvalue weighted by Gasteiger charge is 2.25. The van der Waals surface area contributed by atoms with Crippen molar-refractivity contribution >= 4 is 5.69 Å². The monoisotopic (exact) mass is 363 g/mol. The number of rotatable bonds is 5. The first-order valence-corrected chi connectivity index (χ1v) is 8.36. The smallest absolute Gasteiger partial charge is 0.247 e. The Morgan fingerprint density at radius 3 is 2.15 bits per heavy atom. The normalized spacial score (nSPS) is 11.9. The first-order valence-electron chi connectivity index (χ1n) is 8.36. The largest absolute Gasteiger partial charge is 0.418 e. The Morgan fingerprint density at radius 1 is 0.741 bits per heavy atom. The first-order chi connectivity index (χ1) is 13.2. The second-order valence-electron chi connectivity index (χ2n) is 5.89. The van der Waals surface area contributed by atoms with Crippen molar-refractivity contribution in [2.75, 3.05) is 5.32 Å². The van der Waals surface area contributed by atoms with E-state index in [0.29, 0.717) is 5.89 Å². The van der Waals surface area contributed by atoms with Crippen molar-refractivity contribution in [3.8, 4) is 11.5 Å². The number of hydrogen-bond acceptors (Lipinski definition) is 4. The molecule has 0 aliphatic rings. The summed E-state index contributed by atoms with van der Waals surface area (Å²) in [5.41, 5.74) is 1.24. The molecule has 3 aromatic carbocycles. The van der Waals surface area contributed by atoms with Crippen LogP contribution in [-0.4, -0.2) is 10.2 Å². The van der Waals surface area contributed by atoms with Gasteiger partial charge in [-0.05, 0) is 30.3 Å². The summed E-state index contributed by atoms with van der Waals surface area (Å²) in [7, 11) is 0. The van der Waals surface area contributed by atoms with Gasteiger partial charge in [-0.2, -0.15) is 0 Å². The van der Waals surface area contributed by atoms with Gasteiger partial charge in [0.15, 0.2) is 0 Å². The highest BCUT2D eigenvalue weighted by molar-refractivity contribution is 5.53. The molecule has 4 aromatic rings. The highest BCUT2D eigenvalue weighted by Crippen LogP contribution is 2.30. The summed E-state index contributed by atoms with van der Waals surface area (Å²) in [6.07, 6.45) is 0. The molecule has 0 aliphatic carbocycles. The lowest BCUT2D eigenvalue weighted by Gasteiger charge is -2.18. The molecule has 4 nitrogen and oxygen atoms in total. The standard InChI is InChI=1S/C21H15F2N3O/c22-16-11-5-4-10-15(16)19(24-18-13-7-6-12-17(18)23)21-26-25-20(27-21)14-8-2-1-3-9-14/h1-13,19,24H/t19-/m1/s1. The minimum Gasteiger partial charge on any atom is -0.418 e. The van der Waals surface area contributed by atoms with Crippen LogP contribution in [0.2, 0.25) is 0 Å². The van der Waals surface area contributed by atoms with Gasteiger partial charge in [-0.1, -0.05) is 48.5 Å². The van der Waals surface area contributed by atoms with Crippen LogP contribution in [0.5, 0.6) is 0 Å². The lowest BCUT2D eigenvalue weighted by molar-refractivity contribution is 0.484. The fourth-order valence-electron chi connectivity index (χ4n) is 2.76. The molecule has 1 heterocycles. The van der Waals surface area contributed by atoms with Crippen molar-refractivity contribution in [3.05, 3.63) is 102 Å². The van der Waals surface area contributed by atoms with Crippen LogP contribution >= 0.6 is 0 Å². The molecule has 0 spiro atoms. The van der Waals surface area contributed by atoms with E-state index in [4.69, 9.17) is 4.42 Å². The molecule has 0 unspecified atom stereocenters. The Hall–Kier alpha value is -3.54. The molecular weight excluding hydrogens is 348 g/mol. The number of para-hydroxylation sites is 1. The molecule has 0 bridgehead atoms. The third kappa shape index (κ3) is 3.55. The van der Waals surface area contributed by atoms with Crippen LogP contribution in [-0.2, 0) is 0 Å². The van der Waals surface area contributed by atoms with E-state index in [2.05, 4.69) is 15.5 Å². The number of benzene rings is 3. The van der Waals surface area contributed by atoms with Gasteiger partial charge in [0, 0.05) is 11.1 Å². The molecule has 0 fully saturated rings. The van der Waals surface area contributed by atoms with Gasteiger partial charge in [0.05, 0.1) is 5.69 Å². The number of hydrogen-bond donors (Lipinski definition) is 1. The van der Waals surface area contributed by atoms with Crippen LogP contribution in [0.15, 0.2) is 83.3 Å². The summed E-state index contributed by atoms with van der Waals surface area (Å²) in [4.78, 5) is 0. The lowest BCUT2D eigenvalue weighted by Crippen LogP contribution is -2.15. The predicted molar refractivity (Wildman–Crippen MR) is 98.0 cm³/mol. The first kappa shape index (κ1) is 16.9. The molecule has 1 atom stereocenters. The molecule has 0 radical (unpaired) electrons. The maximum Gasteiger partial charge on any atom is 0.247 e. The third-order valence-corrected chi connectivity index (χ3v) is 4.10. The molecule has 27 heavy (non-hydrogen) atoms. The third-order valence-electron chi connectivity index (χ3n) is 4.10. The van der Waals surface area contributed by atoms with E-state index in [1.54, 1.807) is 36.4 Å². The quantitative estimate of drug-likeness (QED) is 0.528. The van der Waals surface area contributed by atoms with Gasteiger partial charge in [-0.15, -0.1) is 10.2 Å². The summed E-state index contributed by atoms with van der Waals surface area (Å²) < 4.78 is 34.3. The zero-order chi connectivity index (χ0) is 18.6. The molecule has 0 amide bonds. The van der Waals surface area contributed by atoms with Crippen molar-refractivity contribution in [2.24, 2.45) is 0 Å². The second-order valence-corrected chi connectivity index (χ2v) is 5.89. The van der Waals surface area contributed by atoms with E-state index in [9.17, 15) is 8.78 Å². The summed E-state index contributed by atoms with van der Waals surface area (Å²) in [5, 5.41) is 11.1. The fourth-order valence-corrected chi connectivity index (χ4v) is 2.76. The van der Waals surface area contributed by atoms with Gasteiger partial charge in [0.25, 0.3) is 0 Å². The number of anilines is 1. The van der Waals surface area contributed by atoms with E-state index < -0.39 is 17.7 Å². The zero-order valence-electron chi connectivity index (χ0n) is 14.1. The van der Waals surface area contributed by atoms with Crippen LogP contribution in [0.3, 0.4) is 0 Å². The summed E-state index contributed by atoms with van der Waals surface area (Å²) >= 11 is 0. The Bertz CT molecular complexity index is 1050. The Balaban J connectivity index is 1.76. The molecular formula is C21H15F2N3O. The Labute approximate surface area is 154 Å². The van der Waals surface area contributed by atoms with E-state index in [1.165, 1.54) is 12.1 Å². The minimum absolute atomic E-state index is 0.141. The number of nitrogens with one attached hydrogen (secondary N) is 1. The van der Waals surface area contributed by atoms with E-state index in [0.717, 1.165) is 5.56 Å². The highest BCUT2D eigenvalue weighted by atomic mass is 19.1. The predicted octanol–water partition coefficient (Wildman–Crippen LogP) is 5.22. The molecule has 0 saturated heterocycles. The summed E-state index contributed by atoms with van der Waals surface area (Å²) in [5.74, 6) is -0.461. The van der Waals surface area contributed by atoms with Crippen molar-refractivity contribution in [1.82, 2.24) is 10.2 Å². The van der Waals surface area contributed by atoms with E-state index >= 15 is 0 Å². The van der Waals surface area contributed by atoms with Crippen LogP contribution in [0, 0.1) is 11.6 Å². The molecule has 134 valence electrons. The number of nitrogens with zero attached hydrogens (tertiary/aromatic N) is 2. The number of aromatic nitrogens is 2.